The van der Waals surface area contributed by atoms with Gasteiger partial charge in [0.25, 0.3) is 0 Å². The van der Waals surface area contributed by atoms with E-state index in [0.29, 0.717) is 5.56 Å². The van der Waals surface area contributed by atoms with Crippen LogP contribution in [-0.4, -0.2) is 24.1 Å². The molecule has 1 aromatic heterocycles. The zero-order chi connectivity index (χ0) is 11.0. The maximum Gasteiger partial charge on any atom is 0.336 e. The summed E-state index contributed by atoms with van der Waals surface area (Å²) >= 11 is 0. The lowest BCUT2D eigenvalue weighted by Crippen LogP contribution is -2.28. The molecule has 2 rings (SSSR count). The number of carbonyl (C=O) groups is 1. The van der Waals surface area contributed by atoms with Crippen LogP contribution in [0.3, 0.4) is 0 Å². The average Bonchev–Trinajstić information content (AvgIpc) is 2.24. The molecule has 0 aromatic carbocycles. The predicted molar refractivity (Wildman–Crippen MR) is 50.3 cm³/mol. The zero-order valence-corrected chi connectivity index (χ0v) is 7.89. The molecule has 1 N–H and O–H groups in total. The summed E-state index contributed by atoms with van der Waals surface area (Å²) in [5.41, 5.74) is -0.190. The standard InChI is InChI=1S/C10H8O5/c1-14-6-4-5-2-3-7(11)15-10(5)9(13)8(6)12/h2-4,8,12H,1H3. The highest BCUT2D eigenvalue weighted by atomic mass is 16.5. The molecule has 1 aromatic rings. The van der Waals surface area contributed by atoms with E-state index in [4.69, 9.17) is 9.15 Å². The van der Waals surface area contributed by atoms with Gasteiger partial charge in [0, 0.05) is 11.6 Å². The van der Waals surface area contributed by atoms with Crippen LogP contribution in [0.5, 0.6) is 0 Å². The van der Waals surface area contributed by atoms with Crippen molar-refractivity contribution in [2.24, 2.45) is 0 Å². The molecule has 0 radical (unpaired) electrons. The van der Waals surface area contributed by atoms with Gasteiger partial charge in [-0.2, -0.15) is 0 Å². The topological polar surface area (TPSA) is 76.7 Å². The molecule has 0 saturated heterocycles. The van der Waals surface area contributed by atoms with Crippen molar-refractivity contribution in [3.63, 3.8) is 0 Å². The van der Waals surface area contributed by atoms with E-state index in [2.05, 4.69) is 0 Å². The summed E-state index contributed by atoms with van der Waals surface area (Å²) in [5, 5.41) is 9.47. The maximum absolute atomic E-state index is 11.5. The lowest BCUT2D eigenvalue weighted by molar-refractivity contribution is 0.0658. The first-order chi connectivity index (χ1) is 7.13. The fourth-order valence-corrected chi connectivity index (χ4v) is 1.39. The summed E-state index contributed by atoms with van der Waals surface area (Å²) in [6.45, 7) is 0. The molecule has 0 fully saturated rings. The zero-order valence-electron chi connectivity index (χ0n) is 7.89. The van der Waals surface area contributed by atoms with Crippen LogP contribution in [0.4, 0.5) is 0 Å². The first-order valence-corrected chi connectivity index (χ1v) is 4.25. The van der Waals surface area contributed by atoms with Crippen LogP contribution in [0.1, 0.15) is 16.1 Å². The fraction of sp³-hybridized carbons (Fsp3) is 0.200. The molecule has 1 atom stereocenters. The van der Waals surface area contributed by atoms with E-state index >= 15 is 0 Å². The third kappa shape index (κ3) is 1.46. The van der Waals surface area contributed by atoms with Crippen LogP contribution in [0, 0.1) is 0 Å². The molecule has 1 aliphatic rings. The van der Waals surface area contributed by atoms with Crippen LogP contribution in [0.15, 0.2) is 27.1 Å². The Morgan fingerprint density at radius 3 is 2.80 bits per heavy atom. The highest BCUT2D eigenvalue weighted by Crippen LogP contribution is 2.23. The summed E-state index contributed by atoms with van der Waals surface area (Å²) in [6.07, 6.45) is 0.0673. The van der Waals surface area contributed by atoms with Crippen LogP contribution < -0.4 is 5.63 Å². The Morgan fingerprint density at radius 1 is 1.40 bits per heavy atom. The lowest BCUT2D eigenvalue weighted by Gasteiger charge is -2.17. The van der Waals surface area contributed by atoms with Gasteiger partial charge in [0.15, 0.2) is 11.9 Å². The summed E-state index contributed by atoms with van der Waals surface area (Å²) < 4.78 is 9.54. The third-order valence-electron chi connectivity index (χ3n) is 2.14. The Hall–Kier alpha value is -1.88. The Bertz CT molecular complexity index is 497. The minimum absolute atomic E-state index is 0.129. The first kappa shape index (κ1) is 9.67. The first-order valence-electron chi connectivity index (χ1n) is 4.25. The van der Waals surface area contributed by atoms with Crippen molar-refractivity contribution in [1.82, 2.24) is 0 Å². The molecule has 5 heteroatoms. The van der Waals surface area contributed by atoms with Crippen molar-refractivity contribution >= 4 is 11.9 Å². The molecular weight excluding hydrogens is 200 g/mol. The van der Waals surface area contributed by atoms with Crippen molar-refractivity contribution in [3.05, 3.63) is 39.6 Å². The van der Waals surface area contributed by atoms with Gasteiger partial charge in [0.05, 0.1) is 7.11 Å². The second kappa shape index (κ2) is 3.36. The van der Waals surface area contributed by atoms with Gasteiger partial charge in [-0.3, -0.25) is 4.79 Å². The lowest BCUT2D eigenvalue weighted by atomic mass is 9.99. The Labute approximate surface area is 84.6 Å². The van der Waals surface area contributed by atoms with Crippen molar-refractivity contribution in [1.29, 1.82) is 0 Å². The van der Waals surface area contributed by atoms with E-state index in [-0.39, 0.29) is 11.5 Å². The number of aliphatic hydroxyl groups excluding tert-OH is 1. The molecular formula is C10H8O5. The van der Waals surface area contributed by atoms with Gasteiger partial charge in [-0.15, -0.1) is 0 Å². The normalized spacial score (nSPS) is 19.5. The number of hydrogen-bond acceptors (Lipinski definition) is 5. The SMILES string of the molecule is COC1=Cc2ccc(=O)oc2C(=O)C1O. The summed E-state index contributed by atoms with van der Waals surface area (Å²) in [5.74, 6) is -0.654. The van der Waals surface area contributed by atoms with E-state index < -0.39 is 17.5 Å². The number of carbonyl (C=O) groups excluding carboxylic acids is 1. The third-order valence-corrected chi connectivity index (χ3v) is 2.14. The Kier molecular flexibility index (Phi) is 2.17. The van der Waals surface area contributed by atoms with Crippen LogP contribution in [0.25, 0.3) is 6.08 Å². The molecule has 5 nitrogen and oxygen atoms in total. The van der Waals surface area contributed by atoms with E-state index in [1.165, 1.54) is 25.3 Å². The van der Waals surface area contributed by atoms with Crippen LogP contribution in [-0.2, 0) is 4.74 Å². The predicted octanol–water partition coefficient (Wildman–Crippen LogP) is 0.184. The van der Waals surface area contributed by atoms with Crippen LogP contribution >= 0.6 is 0 Å². The second-order valence-corrected chi connectivity index (χ2v) is 3.06. The monoisotopic (exact) mass is 208 g/mol. The number of aliphatic hydroxyl groups is 1. The van der Waals surface area contributed by atoms with Crippen molar-refractivity contribution in [2.75, 3.05) is 7.11 Å². The molecule has 0 aliphatic heterocycles. The molecule has 1 heterocycles. The maximum atomic E-state index is 11.5. The molecule has 0 bridgehead atoms. The molecule has 15 heavy (non-hydrogen) atoms. The molecule has 0 saturated carbocycles. The smallest absolute Gasteiger partial charge is 0.336 e. The van der Waals surface area contributed by atoms with Gasteiger partial charge >= 0.3 is 5.63 Å². The van der Waals surface area contributed by atoms with Gasteiger partial charge in [-0.1, -0.05) is 0 Å². The number of Topliss-reactive ketones (excluding diaryl/α,β-unsaturated/α-hetero) is 1. The van der Waals surface area contributed by atoms with Crippen molar-refractivity contribution in [3.8, 4) is 0 Å². The second-order valence-electron chi connectivity index (χ2n) is 3.06. The number of hydrogen-bond donors (Lipinski definition) is 1. The van der Waals surface area contributed by atoms with Gasteiger partial charge in [0.1, 0.15) is 5.76 Å². The van der Waals surface area contributed by atoms with Crippen LogP contribution in [0.2, 0.25) is 0 Å². The Balaban J connectivity index is 2.64. The van der Waals surface area contributed by atoms with Crippen molar-refractivity contribution in [2.45, 2.75) is 6.10 Å². The van der Waals surface area contributed by atoms with Gasteiger partial charge < -0.3 is 14.3 Å². The fourth-order valence-electron chi connectivity index (χ4n) is 1.39. The van der Waals surface area contributed by atoms with Crippen molar-refractivity contribution < 1.29 is 19.1 Å². The van der Waals surface area contributed by atoms with Gasteiger partial charge in [0.2, 0.25) is 5.78 Å². The molecule has 1 unspecified atom stereocenters. The Morgan fingerprint density at radius 2 is 2.13 bits per heavy atom. The number of ketones is 1. The average molecular weight is 208 g/mol. The highest BCUT2D eigenvalue weighted by molar-refractivity contribution is 6.04. The molecule has 0 amide bonds. The summed E-state index contributed by atoms with van der Waals surface area (Å²) in [7, 11) is 1.35. The summed E-state index contributed by atoms with van der Waals surface area (Å²) in [4.78, 5) is 22.4. The van der Waals surface area contributed by atoms with Gasteiger partial charge in [-0.05, 0) is 12.1 Å². The minimum Gasteiger partial charge on any atom is -0.498 e. The van der Waals surface area contributed by atoms with E-state index in [1.54, 1.807) is 0 Å². The largest absolute Gasteiger partial charge is 0.498 e. The minimum atomic E-state index is -1.40. The molecule has 1 aliphatic carbocycles. The molecule has 0 spiro atoms. The van der Waals surface area contributed by atoms with E-state index in [9.17, 15) is 14.7 Å². The quantitative estimate of drug-likeness (QED) is 0.712. The molecule has 78 valence electrons. The van der Waals surface area contributed by atoms with E-state index in [0.717, 1.165) is 0 Å². The number of methoxy groups -OCH3 is 1. The number of ether oxygens (including phenoxy) is 1. The number of fused-ring (bicyclic) bond motifs is 1. The van der Waals surface area contributed by atoms with E-state index in [1.807, 2.05) is 0 Å². The van der Waals surface area contributed by atoms with Gasteiger partial charge in [-0.25, -0.2) is 4.79 Å². The number of rotatable bonds is 1. The highest BCUT2D eigenvalue weighted by Gasteiger charge is 2.31. The summed E-state index contributed by atoms with van der Waals surface area (Å²) in [6, 6.07) is 2.65.